The quantitative estimate of drug-likeness (QED) is 0.395. The van der Waals surface area contributed by atoms with Crippen molar-refractivity contribution < 1.29 is 19.0 Å². The molecule has 4 N–H and O–H groups in total. The maximum Gasteiger partial charge on any atom is 0.311 e. The summed E-state index contributed by atoms with van der Waals surface area (Å²) in [7, 11) is 0. The molecule has 0 amide bonds. The van der Waals surface area contributed by atoms with Crippen molar-refractivity contribution in [2.75, 3.05) is 25.1 Å². The number of aliphatic imine (C=N–C) groups is 1. The zero-order valence-corrected chi connectivity index (χ0v) is 14.7. The van der Waals surface area contributed by atoms with Gasteiger partial charge in [-0.3, -0.25) is 14.6 Å². The number of fused-ring (bicyclic) bond motifs is 1. The number of guanidine groups is 1. The Labute approximate surface area is 154 Å². The van der Waals surface area contributed by atoms with Gasteiger partial charge in [-0.1, -0.05) is 0 Å². The molecule has 0 saturated heterocycles. The number of aromatic amines is 1. The van der Waals surface area contributed by atoms with Gasteiger partial charge in [-0.15, -0.1) is 0 Å². The number of ether oxygens (including phenoxy) is 3. The van der Waals surface area contributed by atoms with Gasteiger partial charge in [-0.2, -0.15) is 4.99 Å². The monoisotopic (exact) mass is 373 g/mol. The molecule has 1 aliphatic rings. The van der Waals surface area contributed by atoms with E-state index < -0.39 is 11.5 Å². The predicted octanol–water partition coefficient (Wildman–Crippen LogP) is 0.705. The van der Waals surface area contributed by atoms with E-state index in [2.05, 4.69) is 20.3 Å². The van der Waals surface area contributed by atoms with Crippen molar-refractivity contribution in [2.45, 2.75) is 13.3 Å². The zero-order valence-electron chi connectivity index (χ0n) is 14.7. The molecule has 1 aliphatic heterocycles. The Morgan fingerprint density at radius 3 is 2.89 bits per heavy atom. The van der Waals surface area contributed by atoms with Crippen LogP contribution in [0, 0.1) is 0 Å². The molecule has 0 fully saturated rings. The Balaban J connectivity index is 1.74. The Bertz CT molecular complexity index is 924. The predicted molar refractivity (Wildman–Crippen MR) is 97.5 cm³/mol. The Hall–Kier alpha value is -3.56. The van der Waals surface area contributed by atoms with Gasteiger partial charge < -0.3 is 25.3 Å². The molecular weight excluding hydrogens is 354 g/mol. The Kier molecular flexibility index (Phi) is 5.55. The van der Waals surface area contributed by atoms with Gasteiger partial charge in [0.1, 0.15) is 13.2 Å². The van der Waals surface area contributed by atoms with Crippen LogP contribution in [0.4, 0.5) is 11.6 Å². The molecule has 0 bridgehead atoms. The first-order chi connectivity index (χ1) is 13.0. The van der Waals surface area contributed by atoms with Crippen molar-refractivity contribution >= 4 is 23.6 Å². The van der Waals surface area contributed by atoms with Crippen LogP contribution in [0.3, 0.4) is 0 Å². The number of anilines is 1. The number of nitrogens with two attached hydrogens (primary N) is 1. The number of aromatic nitrogens is 2. The zero-order chi connectivity index (χ0) is 19.2. The summed E-state index contributed by atoms with van der Waals surface area (Å²) in [5.74, 6) is 0.752. The third-order valence-corrected chi connectivity index (χ3v) is 3.45. The fraction of sp³-hybridized carbons (Fsp3) is 0.294. The lowest BCUT2D eigenvalue weighted by Gasteiger charge is -2.19. The fourth-order valence-corrected chi connectivity index (χ4v) is 2.41. The number of nitrogens with zero attached hydrogens (tertiary/aromatic N) is 2. The van der Waals surface area contributed by atoms with Crippen molar-refractivity contribution in [3.63, 3.8) is 0 Å². The molecule has 0 atom stereocenters. The lowest BCUT2D eigenvalue weighted by molar-refractivity contribution is -0.142. The SMILES string of the molecule is CCOC(=O)Cc1cc(=O)[nH]c(N=C(N)Nc2ccc3c(c2)OCCO3)n1. The van der Waals surface area contributed by atoms with Crippen LogP contribution >= 0.6 is 0 Å². The number of hydrogen-bond donors (Lipinski definition) is 3. The van der Waals surface area contributed by atoms with Crippen molar-refractivity contribution in [3.8, 4) is 11.5 Å². The van der Waals surface area contributed by atoms with Gasteiger partial charge in [0.05, 0.1) is 18.7 Å². The summed E-state index contributed by atoms with van der Waals surface area (Å²) in [6, 6.07) is 6.44. The van der Waals surface area contributed by atoms with Gasteiger partial charge in [0, 0.05) is 17.8 Å². The molecule has 142 valence electrons. The second kappa shape index (κ2) is 8.21. The molecule has 0 saturated carbocycles. The second-order valence-corrected chi connectivity index (χ2v) is 5.52. The number of carbonyl (C=O) groups excluding carboxylic acids is 1. The highest BCUT2D eigenvalue weighted by atomic mass is 16.6. The van der Waals surface area contributed by atoms with E-state index in [0.29, 0.717) is 30.4 Å². The topological polar surface area (TPSA) is 141 Å². The molecule has 0 unspecified atom stereocenters. The smallest absolute Gasteiger partial charge is 0.311 e. The highest BCUT2D eigenvalue weighted by molar-refractivity contribution is 5.93. The minimum Gasteiger partial charge on any atom is -0.486 e. The van der Waals surface area contributed by atoms with E-state index in [1.165, 1.54) is 6.07 Å². The molecule has 27 heavy (non-hydrogen) atoms. The van der Waals surface area contributed by atoms with Gasteiger partial charge in [0.15, 0.2) is 11.5 Å². The summed E-state index contributed by atoms with van der Waals surface area (Å²) in [5.41, 5.74) is 6.30. The summed E-state index contributed by atoms with van der Waals surface area (Å²) in [6.45, 7) is 2.92. The van der Waals surface area contributed by atoms with Crippen LogP contribution in [0.15, 0.2) is 34.1 Å². The highest BCUT2D eigenvalue weighted by Crippen LogP contribution is 2.32. The summed E-state index contributed by atoms with van der Waals surface area (Å²) in [5, 5.41) is 2.88. The Morgan fingerprint density at radius 1 is 1.33 bits per heavy atom. The first kappa shape index (κ1) is 18.2. The van der Waals surface area contributed by atoms with Crippen LogP contribution in [0.1, 0.15) is 12.6 Å². The van der Waals surface area contributed by atoms with Crippen molar-refractivity contribution in [1.82, 2.24) is 9.97 Å². The lowest BCUT2D eigenvalue weighted by atomic mass is 10.2. The van der Waals surface area contributed by atoms with Crippen LogP contribution in [-0.2, 0) is 16.0 Å². The van der Waals surface area contributed by atoms with Crippen LogP contribution < -0.4 is 26.1 Å². The third-order valence-electron chi connectivity index (χ3n) is 3.45. The Morgan fingerprint density at radius 2 is 2.11 bits per heavy atom. The van der Waals surface area contributed by atoms with E-state index in [1.807, 2.05) is 0 Å². The molecular formula is C17H19N5O5. The number of esters is 1. The van der Waals surface area contributed by atoms with E-state index in [-0.39, 0.29) is 30.6 Å². The van der Waals surface area contributed by atoms with Crippen LogP contribution in [-0.4, -0.2) is 41.7 Å². The van der Waals surface area contributed by atoms with E-state index in [0.717, 1.165) is 0 Å². The number of nitrogens with one attached hydrogen (secondary N) is 2. The number of hydrogen-bond acceptors (Lipinski definition) is 7. The molecule has 0 spiro atoms. The van der Waals surface area contributed by atoms with Gasteiger partial charge in [0.25, 0.3) is 5.56 Å². The molecule has 10 nitrogen and oxygen atoms in total. The number of H-pyrrole nitrogens is 1. The summed E-state index contributed by atoms with van der Waals surface area (Å²) in [4.78, 5) is 33.9. The summed E-state index contributed by atoms with van der Waals surface area (Å²) in [6.07, 6.45) is -0.129. The molecule has 10 heteroatoms. The molecule has 1 aromatic heterocycles. The van der Waals surface area contributed by atoms with E-state index in [9.17, 15) is 9.59 Å². The lowest BCUT2D eigenvalue weighted by Crippen LogP contribution is -2.23. The van der Waals surface area contributed by atoms with Crippen LogP contribution in [0.5, 0.6) is 11.5 Å². The van der Waals surface area contributed by atoms with E-state index in [1.54, 1.807) is 25.1 Å². The average molecular weight is 373 g/mol. The standard InChI is InChI=1S/C17H19N5O5/c1-2-25-15(24)9-11-8-14(23)21-17(20-11)22-16(18)19-10-3-4-12-13(7-10)27-6-5-26-12/h3-4,7-8H,2,5-6,9H2,1H3,(H4,18,19,20,21,22,23). The van der Waals surface area contributed by atoms with Crippen LogP contribution in [0.2, 0.25) is 0 Å². The van der Waals surface area contributed by atoms with Gasteiger partial charge in [-0.25, -0.2) is 4.98 Å². The summed E-state index contributed by atoms with van der Waals surface area (Å²) < 4.78 is 15.8. The van der Waals surface area contributed by atoms with Gasteiger partial charge in [0.2, 0.25) is 11.9 Å². The molecule has 0 aliphatic carbocycles. The largest absolute Gasteiger partial charge is 0.486 e. The van der Waals surface area contributed by atoms with E-state index >= 15 is 0 Å². The number of rotatable bonds is 5. The van der Waals surface area contributed by atoms with Gasteiger partial charge in [-0.05, 0) is 19.1 Å². The van der Waals surface area contributed by atoms with Crippen molar-refractivity contribution in [2.24, 2.45) is 10.7 Å². The summed E-state index contributed by atoms with van der Waals surface area (Å²) >= 11 is 0. The number of carbonyl (C=O) groups is 1. The maximum atomic E-state index is 11.7. The average Bonchev–Trinajstić information content (AvgIpc) is 2.61. The molecule has 3 rings (SSSR count). The van der Waals surface area contributed by atoms with Crippen molar-refractivity contribution in [3.05, 3.63) is 40.3 Å². The van der Waals surface area contributed by atoms with Crippen molar-refractivity contribution in [1.29, 1.82) is 0 Å². The molecule has 1 aromatic carbocycles. The molecule has 2 heterocycles. The van der Waals surface area contributed by atoms with Crippen LogP contribution in [0.25, 0.3) is 0 Å². The highest BCUT2D eigenvalue weighted by Gasteiger charge is 2.12. The first-order valence-corrected chi connectivity index (χ1v) is 8.30. The first-order valence-electron chi connectivity index (χ1n) is 8.30. The minimum absolute atomic E-state index is 0.00288. The second-order valence-electron chi connectivity index (χ2n) is 5.52. The number of benzene rings is 1. The minimum atomic E-state index is -0.479. The molecule has 0 radical (unpaired) electrons. The maximum absolute atomic E-state index is 11.7. The third kappa shape index (κ3) is 4.97. The van der Waals surface area contributed by atoms with E-state index in [4.69, 9.17) is 19.9 Å². The fourth-order valence-electron chi connectivity index (χ4n) is 2.41. The molecule has 2 aromatic rings. The normalized spacial score (nSPS) is 13.1. The van der Waals surface area contributed by atoms with Gasteiger partial charge >= 0.3 is 5.97 Å².